The van der Waals surface area contributed by atoms with Gasteiger partial charge in [-0.1, -0.05) is 48.5 Å². The monoisotopic (exact) mass is 537 g/mol. The van der Waals surface area contributed by atoms with Crippen LogP contribution in [-0.2, 0) is 36.8 Å². The summed E-state index contributed by atoms with van der Waals surface area (Å²) in [5, 5.41) is 26.5. The summed E-state index contributed by atoms with van der Waals surface area (Å²) in [7, 11) is 0. The first kappa shape index (κ1) is 28.9. The van der Waals surface area contributed by atoms with Crippen LogP contribution in [0.5, 0.6) is 0 Å². The summed E-state index contributed by atoms with van der Waals surface area (Å²) in [5.74, 6) is -5.08. The third-order valence-electron chi connectivity index (χ3n) is 6.11. The Balaban J connectivity index is 1.73. The number of aliphatic carboxylic acids is 2. The summed E-state index contributed by atoms with van der Waals surface area (Å²) in [6.45, 7) is 1.27. The number of fused-ring (bicyclic) bond motifs is 1. The molecule has 3 rings (SSSR count). The molecule has 1 heterocycles. The fraction of sp³-hybridized carbons (Fsp3) is 0.296. The molecule has 0 aliphatic carbocycles. The Kier molecular flexibility index (Phi) is 9.76. The molecule has 12 nitrogen and oxygen atoms in total. The third kappa shape index (κ3) is 8.14. The number of rotatable bonds is 13. The number of hydrogen-bond donors (Lipinski definition) is 7. The Morgan fingerprint density at radius 2 is 1.44 bits per heavy atom. The number of nitrogens with one attached hydrogen (secondary N) is 4. The van der Waals surface area contributed by atoms with Crippen LogP contribution in [-0.4, -0.2) is 69.0 Å². The second-order valence-electron chi connectivity index (χ2n) is 9.15. The highest BCUT2D eigenvalue weighted by Crippen LogP contribution is 2.18. The molecule has 12 heteroatoms. The Hall–Kier alpha value is -4.71. The van der Waals surface area contributed by atoms with Crippen LogP contribution in [0.3, 0.4) is 0 Å². The Morgan fingerprint density at radius 1 is 0.821 bits per heavy atom. The molecule has 0 saturated carbocycles. The van der Waals surface area contributed by atoms with Gasteiger partial charge in [-0.15, -0.1) is 0 Å². The van der Waals surface area contributed by atoms with Crippen LogP contribution in [0.1, 0.15) is 24.5 Å². The molecule has 2 aromatic carbocycles. The quantitative estimate of drug-likeness (QED) is 0.161. The lowest BCUT2D eigenvalue weighted by molar-refractivity contribution is -0.143. The largest absolute Gasteiger partial charge is 0.481 e. The van der Waals surface area contributed by atoms with E-state index in [0.717, 1.165) is 16.5 Å². The highest BCUT2D eigenvalue weighted by Gasteiger charge is 2.31. The zero-order valence-corrected chi connectivity index (χ0v) is 21.2. The van der Waals surface area contributed by atoms with E-state index in [0.29, 0.717) is 5.56 Å². The number of nitrogens with two attached hydrogens (primary N) is 1. The summed E-state index contributed by atoms with van der Waals surface area (Å²) in [6, 6.07) is 11.0. The third-order valence-corrected chi connectivity index (χ3v) is 6.11. The second kappa shape index (κ2) is 13.2. The van der Waals surface area contributed by atoms with E-state index >= 15 is 0 Å². The van der Waals surface area contributed by atoms with Gasteiger partial charge in [-0.05, 0) is 30.5 Å². The lowest BCUT2D eigenvalue weighted by atomic mass is 10.0. The fourth-order valence-electron chi connectivity index (χ4n) is 4.00. The number of H-pyrrole nitrogens is 1. The van der Waals surface area contributed by atoms with Gasteiger partial charge in [-0.3, -0.25) is 24.0 Å². The zero-order valence-electron chi connectivity index (χ0n) is 21.2. The van der Waals surface area contributed by atoms with E-state index < -0.39 is 60.2 Å². The Bertz CT molecular complexity index is 1340. The number of carbonyl (C=O) groups excluding carboxylic acids is 3. The summed E-state index contributed by atoms with van der Waals surface area (Å²) in [6.07, 6.45) is 1.09. The number of para-hydroxylation sites is 1. The molecular formula is C27H31N5O7. The molecular weight excluding hydrogens is 506 g/mol. The molecule has 1 aromatic heterocycles. The molecule has 0 fully saturated rings. The van der Waals surface area contributed by atoms with E-state index in [4.69, 9.17) is 10.8 Å². The van der Waals surface area contributed by atoms with E-state index in [1.54, 1.807) is 36.5 Å². The Labute approximate surface area is 224 Å². The maximum absolute atomic E-state index is 13.1. The van der Waals surface area contributed by atoms with Crippen LogP contribution in [0, 0.1) is 0 Å². The van der Waals surface area contributed by atoms with Crippen LogP contribution in [0.15, 0.2) is 60.8 Å². The van der Waals surface area contributed by atoms with Crippen LogP contribution in [0.4, 0.5) is 0 Å². The van der Waals surface area contributed by atoms with Crippen molar-refractivity contribution in [1.29, 1.82) is 0 Å². The lowest BCUT2D eigenvalue weighted by Gasteiger charge is -2.24. The zero-order chi connectivity index (χ0) is 28.5. The summed E-state index contributed by atoms with van der Waals surface area (Å²) < 4.78 is 0. The van der Waals surface area contributed by atoms with E-state index in [1.165, 1.54) is 6.92 Å². The maximum Gasteiger partial charge on any atom is 0.325 e. The van der Waals surface area contributed by atoms with Crippen molar-refractivity contribution in [3.63, 3.8) is 0 Å². The minimum Gasteiger partial charge on any atom is -0.481 e. The van der Waals surface area contributed by atoms with Crippen molar-refractivity contribution in [1.82, 2.24) is 20.9 Å². The number of carbonyl (C=O) groups is 5. The van der Waals surface area contributed by atoms with Crippen molar-refractivity contribution >= 4 is 40.6 Å². The lowest BCUT2D eigenvalue weighted by Crippen LogP contribution is -2.58. The molecule has 0 radical (unpaired) electrons. The topological polar surface area (TPSA) is 204 Å². The number of carboxylic acids is 2. The van der Waals surface area contributed by atoms with Crippen LogP contribution >= 0.6 is 0 Å². The number of amides is 3. The van der Waals surface area contributed by atoms with Gasteiger partial charge in [0.1, 0.15) is 18.1 Å². The van der Waals surface area contributed by atoms with E-state index in [9.17, 15) is 29.1 Å². The number of carboxylic acid groups (broad SMARTS) is 2. The van der Waals surface area contributed by atoms with Crippen molar-refractivity contribution in [3.05, 3.63) is 71.9 Å². The van der Waals surface area contributed by atoms with Gasteiger partial charge in [0.2, 0.25) is 17.7 Å². The van der Waals surface area contributed by atoms with Gasteiger partial charge in [0.25, 0.3) is 0 Å². The van der Waals surface area contributed by atoms with Gasteiger partial charge in [-0.2, -0.15) is 0 Å². The van der Waals surface area contributed by atoms with Gasteiger partial charge < -0.3 is 36.9 Å². The van der Waals surface area contributed by atoms with Gasteiger partial charge in [-0.25, -0.2) is 0 Å². The van der Waals surface area contributed by atoms with Gasteiger partial charge in [0.05, 0.1) is 12.5 Å². The average molecular weight is 538 g/mol. The second-order valence-corrected chi connectivity index (χ2v) is 9.15. The minimum absolute atomic E-state index is 0.00142. The molecule has 0 spiro atoms. The van der Waals surface area contributed by atoms with Gasteiger partial charge in [0.15, 0.2) is 0 Å². The van der Waals surface area contributed by atoms with Crippen molar-refractivity contribution in [2.24, 2.45) is 5.73 Å². The predicted molar refractivity (Wildman–Crippen MR) is 141 cm³/mol. The number of hydrogen-bond acceptors (Lipinski definition) is 6. The van der Waals surface area contributed by atoms with Crippen molar-refractivity contribution in [3.8, 4) is 0 Å². The molecule has 4 atom stereocenters. The molecule has 0 saturated heterocycles. The first-order valence-corrected chi connectivity index (χ1v) is 12.3. The SMILES string of the molecule is CC(NC(=O)C(Cc1ccccc1)NC(=O)C(CC(=O)O)NC(=O)C(N)Cc1c[nH]c2ccccc12)C(=O)O. The van der Waals surface area contributed by atoms with Crippen LogP contribution < -0.4 is 21.7 Å². The fourth-order valence-corrected chi connectivity index (χ4v) is 4.00. The minimum atomic E-state index is -1.54. The van der Waals surface area contributed by atoms with Gasteiger partial charge >= 0.3 is 11.9 Å². The molecule has 0 aliphatic rings. The first-order chi connectivity index (χ1) is 18.5. The molecule has 0 aliphatic heterocycles. The standard InChI is InChI=1S/C27H31N5O7/c1-15(27(38)39)30-25(36)21(11-16-7-3-2-4-8-16)32-26(37)22(13-23(33)34)31-24(35)19(28)12-17-14-29-20-10-6-5-9-18(17)20/h2-10,14-15,19,21-22,29H,11-13,28H2,1H3,(H,30,36)(H,31,35)(H,32,37)(H,33,34)(H,38,39). The van der Waals surface area contributed by atoms with E-state index in [-0.39, 0.29) is 12.8 Å². The smallest absolute Gasteiger partial charge is 0.325 e. The predicted octanol–water partition coefficient (Wildman–Crippen LogP) is 0.314. The average Bonchev–Trinajstić information content (AvgIpc) is 3.30. The normalized spacial score (nSPS) is 14.0. The van der Waals surface area contributed by atoms with Crippen molar-refractivity contribution < 1.29 is 34.2 Å². The summed E-state index contributed by atoms with van der Waals surface area (Å²) in [5.41, 5.74) is 8.40. The van der Waals surface area contributed by atoms with Gasteiger partial charge in [0, 0.05) is 23.5 Å². The van der Waals surface area contributed by atoms with Crippen LogP contribution in [0.25, 0.3) is 10.9 Å². The van der Waals surface area contributed by atoms with Crippen molar-refractivity contribution in [2.75, 3.05) is 0 Å². The molecule has 8 N–H and O–H groups in total. The first-order valence-electron chi connectivity index (χ1n) is 12.3. The maximum atomic E-state index is 13.1. The van der Waals surface area contributed by atoms with E-state index in [2.05, 4.69) is 20.9 Å². The molecule has 0 bridgehead atoms. The molecule has 3 amide bonds. The number of aromatic amines is 1. The molecule has 3 aromatic rings. The van der Waals surface area contributed by atoms with Crippen molar-refractivity contribution in [2.45, 2.75) is 50.4 Å². The Morgan fingerprint density at radius 3 is 2.10 bits per heavy atom. The highest BCUT2D eigenvalue weighted by atomic mass is 16.4. The number of benzene rings is 2. The van der Waals surface area contributed by atoms with Crippen LogP contribution in [0.2, 0.25) is 0 Å². The highest BCUT2D eigenvalue weighted by molar-refractivity contribution is 5.96. The molecule has 206 valence electrons. The van der Waals surface area contributed by atoms with E-state index in [1.807, 2.05) is 24.3 Å². The summed E-state index contributed by atoms with van der Waals surface area (Å²) >= 11 is 0. The number of aromatic nitrogens is 1. The summed E-state index contributed by atoms with van der Waals surface area (Å²) in [4.78, 5) is 64.6. The molecule has 4 unspecified atom stereocenters. The molecule has 39 heavy (non-hydrogen) atoms.